The van der Waals surface area contributed by atoms with Crippen LogP contribution in [0.15, 0.2) is 72.8 Å². The number of nitrogens with one attached hydrogen (secondary N) is 1. The highest BCUT2D eigenvalue weighted by atomic mass is 35.5. The minimum atomic E-state index is -0.244. The molecule has 25 heavy (non-hydrogen) atoms. The van der Waals surface area contributed by atoms with Crippen molar-refractivity contribution < 1.29 is 9.53 Å². The molecule has 0 aliphatic carbocycles. The Hall–Kier alpha value is -2.62. The molecule has 3 nitrogen and oxygen atoms in total. The minimum absolute atomic E-state index is 0.244. The normalized spacial score (nSPS) is 10.5. The Balaban J connectivity index is 1.90. The van der Waals surface area contributed by atoms with Gasteiger partial charge in [0, 0.05) is 18.4 Å². The molecule has 0 radical (unpaired) electrons. The fraction of sp³-hybridized carbons (Fsp3) is 0.0952. The van der Waals surface area contributed by atoms with Gasteiger partial charge in [-0.05, 0) is 29.3 Å². The maximum atomic E-state index is 12.7. The van der Waals surface area contributed by atoms with Gasteiger partial charge in [-0.15, -0.1) is 0 Å². The second-order valence-electron chi connectivity index (χ2n) is 5.60. The van der Waals surface area contributed by atoms with E-state index in [2.05, 4.69) is 5.32 Å². The van der Waals surface area contributed by atoms with Crippen LogP contribution in [-0.4, -0.2) is 13.0 Å². The van der Waals surface area contributed by atoms with Gasteiger partial charge in [-0.1, -0.05) is 66.2 Å². The van der Waals surface area contributed by atoms with Crippen LogP contribution in [0, 0.1) is 0 Å². The quantitative estimate of drug-likeness (QED) is 0.667. The fourth-order valence-corrected chi connectivity index (χ4v) is 2.83. The smallest absolute Gasteiger partial charge is 0.257 e. The van der Waals surface area contributed by atoms with Crippen LogP contribution in [0.4, 0.5) is 5.69 Å². The summed E-state index contributed by atoms with van der Waals surface area (Å²) < 4.78 is 5.18. The average molecular weight is 352 g/mol. The number of carbonyl (C=O) groups excluding carboxylic acids is 1. The summed E-state index contributed by atoms with van der Waals surface area (Å²) in [5.41, 5.74) is 4.05. The molecule has 3 rings (SSSR count). The third-order valence-corrected chi connectivity index (χ3v) is 4.21. The van der Waals surface area contributed by atoms with Gasteiger partial charge < -0.3 is 10.1 Å². The van der Waals surface area contributed by atoms with Crippen molar-refractivity contribution in [1.29, 1.82) is 0 Å². The number of halogens is 1. The topological polar surface area (TPSA) is 38.3 Å². The van der Waals surface area contributed by atoms with Crippen LogP contribution in [0.1, 0.15) is 15.9 Å². The monoisotopic (exact) mass is 351 g/mol. The minimum Gasteiger partial charge on any atom is -0.380 e. The summed E-state index contributed by atoms with van der Waals surface area (Å²) in [7, 11) is 1.62. The van der Waals surface area contributed by atoms with Crippen LogP contribution in [0.25, 0.3) is 11.1 Å². The van der Waals surface area contributed by atoms with E-state index in [9.17, 15) is 4.79 Å². The van der Waals surface area contributed by atoms with Crippen molar-refractivity contribution in [3.63, 3.8) is 0 Å². The molecule has 0 atom stereocenters. The Morgan fingerprint density at radius 1 is 0.960 bits per heavy atom. The number of hydrogen-bond donors (Lipinski definition) is 1. The van der Waals surface area contributed by atoms with Crippen molar-refractivity contribution in [1.82, 2.24) is 0 Å². The third-order valence-electron chi connectivity index (χ3n) is 3.88. The second-order valence-corrected chi connectivity index (χ2v) is 6.01. The lowest BCUT2D eigenvalue weighted by Gasteiger charge is -2.12. The highest BCUT2D eigenvalue weighted by Gasteiger charge is 2.14. The molecule has 4 heteroatoms. The van der Waals surface area contributed by atoms with Gasteiger partial charge in [-0.2, -0.15) is 0 Å². The van der Waals surface area contributed by atoms with Gasteiger partial charge >= 0.3 is 0 Å². The zero-order chi connectivity index (χ0) is 17.6. The molecule has 0 aliphatic heterocycles. The first kappa shape index (κ1) is 17.2. The lowest BCUT2D eigenvalue weighted by molar-refractivity contribution is 0.102. The Kier molecular flexibility index (Phi) is 5.49. The largest absolute Gasteiger partial charge is 0.380 e. The van der Waals surface area contributed by atoms with Crippen molar-refractivity contribution in [3.05, 3.63) is 88.9 Å². The first-order valence-corrected chi connectivity index (χ1v) is 8.30. The number of hydrogen-bond acceptors (Lipinski definition) is 2. The van der Waals surface area contributed by atoms with Gasteiger partial charge in [0.2, 0.25) is 0 Å². The molecule has 0 spiro atoms. The van der Waals surface area contributed by atoms with E-state index in [4.69, 9.17) is 16.3 Å². The molecule has 0 fully saturated rings. The summed E-state index contributed by atoms with van der Waals surface area (Å²) in [6.45, 7) is 0.425. The number of carbonyl (C=O) groups is 1. The number of ether oxygens (including phenoxy) is 1. The molecule has 126 valence electrons. The molecule has 1 amide bonds. The molecular formula is C21H18ClNO2. The number of benzene rings is 3. The molecule has 3 aromatic rings. The zero-order valence-electron chi connectivity index (χ0n) is 13.8. The van der Waals surface area contributed by atoms with Gasteiger partial charge in [0.25, 0.3) is 5.91 Å². The van der Waals surface area contributed by atoms with Crippen LogP contribution < -0.4 is 5.32 Å². The Labute approximate surface area is 152 Å². The number of rotatable bonds is 5. The standard InChI is InChI=1S/C21H18ClNO2/c1-25-14-17-9-5-6-10-20(17)23-21(24)18-13-16(11-12-19(18)22)15-7-3-2-4-8-15/h2-13H,14H2,1H3,(H,23,24). The van der Waals surface area contributed by atoms with Gasteiger partial charge in [0.05, 0.1) is 17.2 Å². The van der Waals surface area contributed by atoms with E-state index in [-0.39, 0.29) is 5.91 Å². The summed E-state index contributed by atoms with van der Waals surface area (Å²) in [4.78, 5) is 12.7. The predicted molar refractivity (Wildman–Crippen MR) is 102 cm³/mol. The Bertz CT molecular complexity index is 878. The molecular weight excluding hydrogens is 334 g/mol. The van der Waals surface area contributed by atoms with E-state index < -0.39 is 0 Å². The molecule has 0 aromatic heterocycles. The summed E-state index contributed by atoms with van der Waals surface area (Å²) in [5, 5.41) is 3.35. The van der Waals surface area contributed by atoms with Crippen molar-refractivity contribution >= 4 is 23.2 Å². The molecule has 0 unspecified atom stereocenters. The average Bonchev–Trinajstić information content (AvgIpc) is 2.64. The Morgan fingerprint density at radius 3 is 2.44 bits per heavy atom. The van der Waals surface area contributed by atoms with Crippen LogP contribution in [-0.2, 0) is 11.3 Å². The SMILES string of the molecule is COCc1ccccc1NC(=O)c1cc(-c2ccccc2)ccc1Cl. The molecule has 0 heterocycles. The van der Waals surface area contributed by atoms with Crippen molar-refractivity contribution in [2.45, 2.75) is 6.61 Å². The maximum absolute atomic E-state index is 12.7. The molecule has 0 saturated heterocycles. The van der Waals surface area contributed by atoms with E-state index in [1.165, 1.54) is 0 Å². The maximum Gasteiger partial charge on any atom is 0.257 e. The van der Waals surface area contributed by atoms with E-state index in [1.807, 2.05) is 66.7 Å². The molecule has 0 aliphatic rings. The van der Waals surface area contributed by atoms with E-state index in [0.717, 1.165) is 22.4 Å². The predicted octanol–water partition coefficient (Wildman–Crippen LogP) is 5.41. The van der Waals surface area contributed by atoms with Crippen molar-refractivity contribution in [2.24, 2.45) is 0 Å². The molecule has 3 aromatic carbocycles. The van der Waals surface area contributed by atoms with E-state index >= 15 is 0 Å². The van der Waals surface area contributed by atoms with Crippen LogP contribution in [0.5, 0.6) is 0 Å². The second kappa shape index (κ2) is 7.97. The van der Waals surface area contributed by atoms with Crippen LogP contribution in [0.3, 0.4) is 0 Å². The highest BCUT2D eigenvalue weighted by molar-refractivity contribution is 6.34. The fourth-order valence-electron chi connectivity index (χ4n) is 2.62. The van der Waals surface area contributed by atoms with E-state index in [1.54, 1.807) is 13.2 Å². The summed E-state index contributed by atoms with van der Waals surface area (Å²) in [6.07, 6.45) is 0. The number of para-hydroxylation sites is 1. The number of methoxy groups -OCH3 is 1. The Morgan fingerprint density at radius 2 is 1.68 bits per heavy atom. The number of anilines is 1. The van der Waals surface area contributed by atoms with E-state index in [0.29, 0.717) is 17.2 Å². The number of amides is 1. The van der Waals surface area contributed by atoms with Gasteiger partial charge in [0.1, 0.15) is 0 Å². The zero-order valence-corrected chi connectivity index (χ0v) is 14.6. The molecule has 0 saturated carbocycles. The third kappa shape index (κ3) is 4.08. The lowest BCUT2D eigenvalue weighted by Crippen LogP contribution is -2.14. The summed E-state index contributed by atoms with van der Waals surface area (Å²) in [6, 6.07) is 22.9. The van der Waals surface area contributed by atoms with Gasteiger partial charge in [0.15, 0.2) is 0 Å². The highest BCUT2D eigenvalue weighted by Crippen LogP contribution is 2.26. The van der Waals surface area contributed by atoms with Crippen LogP contribution >= 0.6 is 11.6 Å². The summed E-state index contributed by atoms with van der Waals surface area (Å²) >= 11 is 6.26. The van der Waals surface area contributed by atoms with Crippen molar-refractivity contribution in [2.75, 3.05) is 12.4 Å². The molecule has 1 N–H and O–H groups in total. The first-order chi connectivity index (χ1) is 12.2. The van der Waals surface area contributed by atoms with Gasteiger partial charge in [-0.3, -0.25) is 4.79 Å². The van der Waals surface area contributed by atoms with Crippen molar-refractivity contribution in [3.8, 4) is 11.1 Å². The summed E-state index contributed by atoms with van der Waals surface area (Å²) in [5.74, 6) is -0.244. The van der Waals surface area contributed by atoms with Gasteiger partial charge in [-0.25, -0.2) is 0 Å². The first-order valence-electron chi connectivity index (χ1n) is 7.92. The molecule has 0 bridgehead atoms. The lowest BCUT2D eigenvalue weighted by atomic mass is 10.0. The van der Waals surface area contributed by atoms with Crippen LogP contribution in [0.2, 0.25) is 5.02 Å².